The highest BCUT2D eigenvalue weighted by Gasteiger charge is 2.45. The number of ether oxygens (including phenoxy) is 1. The van der Waals surface area contributed by atoms with E-state index in [9.17, 15) is 4.39 Å². The molecule has 0 radical (unpaired) electrons. The lowest BCUT2D eigenvalue weighted by Crippen LogP contribution is -2.41. The molecule has 0 spiro atoms. The van der Waals surface area contributed by atoms with Crippen LogP contribution in [0.15, 0.2) is 24.5 Å². The number of fused-ring (bicyclic) bond motifs is 5. The van der Waals surface area contributed by atoms with Crippen molar-refractivity contribution in [2.75, 3.05) is 23.8 Å². The molecule has 1 saturated carbocycles. The molecule has 1 aliphatic heterocycles. The number of piperidine rings is 1. The van der Waals surface area contributed by atoms with Gasteiger partial charge in [-0.05, 0) is 42.0 Å². The summed E-state index contributed by atoms with van der Waals surface area (Å²) in [6, 6.07) is 3.92. The Kier molecular flexibility index (Phi) is 4.69. The van der Waals surface area contributed by atoms with Gasteiger partial charge in [0, 0.05) is 49.8 Å². The van der Waals surface area contributed by atoms with Gasteiger partial charge in [-0.2, -0.15) is 9.97 Å². The normalized spacial score (nSPS) is 22.4. The standard InChI is InChI=1S/C24H26FN7O/c1-3-21-28-9-15(10-29-21)33-24-30-20-8-16-17(5-13(25)6-19(16)27-2)22(20)23(31-24)32-11-12-4-14(32)7-18(12)26/h5-6,9-10,12,14,18,27H,3-4,7-8,11,26H2,1-2H3/t12?,14?,18-/m0/s1. The van der Waals surface area contributed by atoms with Crippen LogP contribution in [0.4, 0.5) is 15.9 Å². The van der Waals surface area contributed by atoms with Crippen LogP contribution < -0.4 is 20.7 Å². The predicted octanol–water partition coefficient (Wildman–Crippen LogP) is 3.30. The lowest BCUT2D eigenvalue weighted by Gasteiger charge is -2.32. The highest BCUT2D eigenvalue weighted by atomic mass is 19.1. The van der Waals surface area contributed by atoms with E-state index in [0.717, 1.165) is 65.5 Å². The Morgan fingerprint density at radius 3 is 2.70 bits per heavy atom. The van der Waals surface area contributed by atoms with E-state index in [1.165, 1.54) is 6.07 Å². The Morgan fingerprint density at radius 1 is 1.21 bits per heavy atom. The van der Waals surface area contributed by atoms with Crippen LogP contribution in [0.5, 0.6) is 11.8 Å². The number of benzene rings is 1. The molecular formula is C24H26FN7O. The number of rotatable bonds is 5. The molecule has 2 aliphatic carbocycles. The zero-order chi connectivity index (χ0) is 22.7. The van der Waals surface area contributed by atoms with Gasteiger partial charge in [0.1, 0.15) is 17.5 Å². The van der Waals surface area contributed by atoms with Gasteiger partial charge in [0.2, 0.25) is 0 Å². The van der Waals surface area contributed by atoms with Crippen molar-refractivity contribution in [1.29, 1.82) is 0 Å². The zero-order valence-electron chi connectivity index (χ0n) is 18.7. The molecule has 170 valence electrons. The summed E-state index contributed by atoms with van der Waals surface area (Å²) < 4.78 is 20.5. The zero-order valence-corrected chi connectivity index (χ0v) is 18.7. The van der Waals surface area contributed by atoms with Crippen LogP contribution in [0.1, 0.15) is 36.8 Å². The molecule has 3 aliphatic rings. The van der Waals surface area contributed by atoms with E-state index < -0.39 is 0 Å². The summed E-state index contributed by atoms with van der Waals surface area (Å²) in [5.41, 5.74) is 10.7. The van der Waals surface area contributed by atoms with Crippen molar-refractivity contribution in [3.05, 3.63) is 47.4 Å². The van der Waals surface area contributed by atoms with Crippen LogP contribution in [0.2, 0.25) is 0 Å². The number of hydrogen-bond acceptors (Lipinski definition) is 8. The number of anilines is 2. The van der Waals surface area contributed by atoms with Gasteiger partial charge in [0.15, 0.2) is 5.75 Å². The van der Waals surface area contributed by atoms with Crippen molar-refractivity contribution < 1.29 is 9.13 Å². The molecule has 2 fully saturated rings. The Hall–Kier alpha value is -3.33. The molecular weight excluding hydrogens is 421 g/mol. The Bertz CT molecular complexity index is 1230. The molecule has 3 heterocycles. The fourth-order valence-corrected chi connectivity index (χ4v) is 5.51. The maximum Gasteiger partial charge on any atom is 0.324 e. The van der Waals surface area contributed by atoms with Crippen LogP contribution in [0.25, 0.3) is 11.1 Å². The van der Waals surface area contributed by atoms with E-state index in [4.69, 9.17) is 20.4 Å². The average Bonchev–Trinajstić information content (AvgIpc) is 3.50. The minimum Gasteiger partial charge on any atom is -0.421 e. The number of nitrogens with zero attached hydrogens (tertiary/aromatic N) is 5. The molecule has 1 aromatic carbocycles. The topological polar surface area (TPSA) is 102 Å². The summed E-state index contributed by atoms with van der Waals surface area (Å²) >= 11 is 0. The van der Waals surface area contributed by atoms with E-state index in [0.29, 0.717) is 24.1 Å². The minimum atomic E-state index is -0.282. The SMILES string of the molecule is CCc1ncc(Oc2nc3c(c(N4CC5CC4C[C@@H]5N)n2)-c2cc(F)cc(NC)c2C3)cn1. The summed E-state index contributed by atoms with van der Waals surface area (Å²) in [7, 11) is 1.81. The number of aryl methyl sites for hydroxylation is 1. The van der Waals surface area contributed by atoms with E-state index in [1.807, 2.05) is 6.92 Å². The molecule has 0 amide bonds. The number of hydrogen-bond donors (Lipinski definition) is 2. The van der Waals surface area contributed by atoms with Crippen molar-refractivity contribution in [3.63, 3.8) is 0 Å². The Balaban J connectivity index is 1.45. The van der Waals surface area contributed by atoms with E-state index >= 15 is 0 Å². The van der Waals surface area contributed by atoms with E-state index in [-0.39, 0.29) is 17.9 Å². The maximum atomic E-state index is 14.5. The molecule has 6 rings (SSSR count). The molecule has 3 N–H and O–H groups in total. The van der Waals surface area contributed by atoms with Gasteiger partial charge in [-0.1, -0.05) is 6.92 Å². The largest absolute Gasteiger partial charge is 0.421 e. The third-order valence-corrected chi connectivity index (χ3v) is 7.12. The van der Waals surface area contributed by atoms with Crippen LogP contribution >= 0.6 is 0 Å². The van der Waals surface area contributed by atoms with Gasteiger partial charge in [0.25, 0.3) is 0 Å². The van der Waals surface area contributed by atoms with Crippen molar-refractivity contribution >= 4 is 11.5 Å². The van der Waals surface area contributed by atoms with Crippen LogP contribution in [-0.2, 0) is 12.8 Å². The van der Waals surface area contributed by atoms with Gasteiger partial charge in [-0.25, -0.2) is 14.4 Å². The van der Waals surface area contributed by atoms with E-state index in [2.05, 4.69) is 20.2 Å². The van der Waals surface area contributed by atoms with Gasteiger partial charge < -0.3 is 20.7 Å². The molecule has 9 heteroatoms. The first-order valence-corrected chi connectivity index (χ1v) is 11.5. The summed E-state index contributed by atoms with van der Waals surface area (Å²) in [5.74, 6) is 2.20. The van der Waals surface area contributed by atoms with E-state index in [1.54, 1.807) is 25.5 Å². The maximum absolute atomic E-state index is 14.5. The summed E-state index contributed by atoms with van der Waals surface area (Å²) in [4.78, 5) is 20.5. The fraction of sp³-hybridized carbons (Fsp3) is 0.417. The van der Waals surface area contributed by atoms with Crippen molar-refractivity contribution in [1.82, 2.24) is 19.9 Å². The highest BCUT2D eigenvalue weighted by Crippen LogP contribution is 2.48. The second-order valence-corrected chi connectivity index (χ2v) is 9.05. The first-order valence-electron chi connectivity index (χ1n) is 11.5. The molecule has 2 unspecified atom stereocenters. The molecule has 1 saturated heterocycles. The molecule has 33 heavy (non-hydrogen) atoms. The van der Waals surface area contributed by atoms with Gasteiger partial charge >= 0.3 is 6.01 Å². The quantitative estimate of drug-likeness (QED) is 0.481. The Morgan fingerprint density at radius 2 is 2.03 bits per heavy atom. The lowest BCUT2D eigenvalue weighted by molar-refractivity contribution is 0.432. The Labute approximate surface area is 191 Å². The number of nitrogens with one attached hydrogen (secondary N) is 1. The summed E-state index contributed by atoms with van der Waals surface area (Å²) in [6.45, 7) is 2.84. The molecule has 3 aromatic rings. The second kappa shape index (κ2) is 7.62. The molecule has 2 aromatic heterocycles. The lowest BCUT2D eigenvalue weighted by atomic mass is 10.0. The first kappa shape index (κ1) is 20.3. The smallest absolute Gasteiger partial charge is 0.324 e. The molecule has 8 nitrogen and oxygen atoms in total. The summed E-state index contributed by atoms with van der Waals surface area (Å²) in [6.07, 6.45) is 6.61. The van der Waals surface area contributed by atoms with Crippen LogP contribution in [0.3, 0.4) is 0 Å². The molecule has 2 bridgehead atoms. The first-order chi connectivity index (χ1) is 16.0. The average molecular weight is 448 g/mol. The third kappa shape index (κ3) is 3.30. The van der Waals surface area contributed by atoms with Gasteiger partial charge in [-0.3, -0.25) is 0 Å². The third-order valence-electron chi connectivity index (χ3n) is 7.12. The molecule has 3 atom stereocenters. The minimum absolute atomic E-state index is 0.228. The van der Waals surface area contributed by atoms with Crippen molar-refractivity contribution in [2.24, 2.45) is 11.7 Å². The number of halogens is 1. The van der Waals surface area contributed by atoms with Crippen molar-refractivity contribution in [2.45, 2.75) is 44.7 Å². The number of nitrogens with two attached hydrogens (primary N) is 1. The summed E-state index contributed by atoms with van der Waals surface area (Å²) in [5, 5.41) is 3.12. The van der Waals surface area contributed by atoms with Crippen LogP contribution in [-0.4, -0.2) is 45.6 Å². The van der Waals surface area contributed by atoms with Crippen LogP contribution in [0, 0.1) is 11.7 Å². The predicted molar refractivity (Wildman–Crippen MR) is 123 cm³/mol. The van der Waals surface area contributed by atoms with Gasteiger partial charge in [-0.15, -0.1) is 0 Å². The number of aromatic nitrogens is 4. The second-order valence-electron chi connectivity index (χ2n) is 9.05. The van der Waals surface area contributed by atoms with Crippen molar-refractivity contribution in [3.8, 4) is 22.9 Å². The fourth-order valence-electron chi connectivity index (χ4n) is 5.51. The van der Waals surface area contributed by atoms with Gasteiger partial charge in [0.05, 0.1) is 18.1 Å². The monoisotopic (exact) mass is 447 g/mol. The highest BCUT2D eigenvalue weighted by molar-refractivity contribution is 5.88.